The number of nitrogens with zero attached hydrogens (tertiary/aromatic N) is 2. The Morgan fingerprint density at radius 3 is 1.97 bits per heavy atom. The predicted octanol–water partition coefficient (Wildman–Crippen LogP) is 6.87. The second-order valence-electron chi connectivity index (χ2n) is 8.15. The van der Waals surface area contributed by atoms with Crippen molar-refractivity contribution < 1.29 is 18.6 Å². The van der Waals surface area contributed by atoms with E-state index in [2.05, 4.69) is 21.4 Å². The summed E-state index contributed by atoms with van der Waals surface area (Å²) in [6.07, 6.45) is 10.4. The summed E-state index contributed by atoms with van der Waals surface area (Å²) in [6.45, 7) is 0. The van der Waals surface area contributed by atoms with Crippen molar-refractivity contribution in [3.63, 3.8) is 0 Å². The average Bonchev–Trinajstić information content (AvgIpc) is 3.54. The summed E-state index contributed by atoms with van der Waals surface area (Å²) in [4.78, 5) is 14.1. The molecule has 0 aliphatic carbocycles. The molecular formula is C29H27F3N4O. The van der Waals surface area contributed by atoms with Gasteiger partial charge in [0.05, 0.1) is 0 Å². The fourth-order valence-corrected chi connectivity index (χ4v) is 4.08. The molecule has 0 saturated heterocycles. The summed E-state index contributed by atoms with van der Waals surface area (Å²) in [5.74, 6) is -0.515. The smallest absolute Gasteiger partial charge is 0.269 e. The average molecular weight is 507 g/mol. The van der Waals surface area contributed by atoms with Gasteiger partial charge in [-0.05, 0) is 83.8 Å². The van der Waals surface area contributed by atoms with E-state index in [1.54, 1.807) is 61.3 Å². The van der Waals surface area contributed by atoms with Crippen LogP contribution in [0.4, 0.5) is 13.5 Å². The first-order valence-corrected chi connectivity index (χ1v) is 11.1. The van der Waals surface area contributed by atoms with Crippen LogP contribution < -0.4 is 0 Å². The minimum atomic E-state index is -0.788. The Labute approximate surface area is 213 Å². The lowest BCUT2D eigenvalue weighted by Gasteiger charge is -2.09. The third-order valence-electron chi connectivity index (χ3n) is 5.87. The molecule has 0 aliphatic heterocycles. The molecule has 1 atom stereocenters. The van der Waals surface area contributed by atoms with E-state index in [-0.39, 0.29) is 19.1 Å². The molecule has 8 heteroatoms. The topological polar surface area (TPSA) is 77.6 Å². The standard InChI is InChI=1S/C14H11FN2O.C14H11FN2.CH4.FH/c15-10-1-2-13-11(7-10)12(8-17-13)14(18)9-3-5-16-6-4-9;15-12-1-2-14-13(8-12)11(9-17-14)7-10-3-5-16-6-4-10;;/h1-8,14,17-18H;1-6,8-9,17H,7H2;1H4;1H/i/hT. The van der Waals surface area contributed by atoms with E-state index in [1.807, 2.05) is 18.3 Å². The zero-order valence-corrected chi connectivity index (χ0v) is 19.0. The summed E-state index contributed by atoms with van der Waals surface area (Å²) in [5, 5.41) is 11.9. The van der Waals surface area contributed by atoms with Gasteiger partial charge in [0.1, 0.15) is 17.7 Å². The number of halogens is 3. The van der Waals surface area contributed by atoms with Crippen molar-refractivity contribution >= 4 is 21.8 Å². The number of aliphatic hydroxyl groups excluding tert-OH is 1. The number of fused-ring (bicyclic) bond motifs is 2. The highest BCUT2D eigenvalue weighted by Gasteiger charge is 2.15. The quantitative estimate of drug-likeness (QED) is 0.244. The largest absolute Gasteiger partial charge is 0.384 e. The summed E-state index contributed by atoms with van der Waals surface area (Å²) in [6, 6.07) is 16.7. The molecule has 190 valence electrons. The molecule has 1 unspecified atom stereocenters. The number of hydrogen-bond acceptors (Lipinski definition) is 3. The lowest BCUT2D eigenvalue weighted by Crippen LogP contribution is -1.98. The molecule has 0 bridgehead atoms. The van der Waals surface area contributed by atoms with E-state index in [1.165, 1.54) is 23.8 Å². The molecule has 5 nitrogen and oxygen atoms in total. The third kappa shape index (κ3) is 6.05. The van der Waals surface area contributed by atoms with Crippen LogP contribution in [0.3, 0.4) is 0 Å². The Morgan fingerprint density at radius 1 is 0.784 bits per heavy atom. The highest BCUT2D eigenvalue weighted by Crippen LogP contribution is 2.29. The van der Waals surface area contributed by atoms with Gasteiger partial charge in [-0.2, -0.15) is 0 Å². The first kappa shape index (κ1) is 25.7. The summed E-state index contributed by atoms with van der Waals surface area (Å²) < 4.78 is 39.5. The second-order valence-corrected chi connectivity index (χ2v) is 8.15. The summed E-state index contributed by atoms with van der Waals surface area (Å²) in [5.41, 5.74) is 5.44. The number of aliphatic hydroxyl groups is 1. The van der Waals surface area contributed by atoms with E-state index >= 15 is 0 Å². The molecule has 0 saturated carbocycles. The van der Waals surface area contributed by atoms with Gasteiger partial charge in [-0.25, -0.2) is 8.78 Å². The second kappa shape index (κ2) is 12.0. The number of hydrogen-bond donors (Lipinski definition) is 3. The molecule has 0 aliphatic rings. The normalized spacial score (nSPS) is 11.4. The van der Waals surface area contributed by atoms with Crippen molar-refractivity contribution in [1.82, 2.24) is 19.9 Å². The molecule has 3 N–H and O–H groups in total. The molecule has 6 rings (SSSR count). The van der Waals surface area contributed by atoms with Crippen molar-refractivity contribution in [2.75, 3.05) is 0 Å². The zero-order chi connectivity index (χ0) is 26.2. The van der Waals surface area contributed by atoms with Gasteiger partial charge in [-0.1, -0.05) is 7.43 Å². The fraction of sp³-hybridized carbons (Fsp3) is 0.103. The van der Waals surface area contributed by atoms with Crippen molar-refractivity contribution in [2.24, 2.45) is 0 Å². The minimum Gasteiger partial charge on any atom is -0.384 e. The maximum Gasteiger partial charge on any atom is 0.269 e. The predicted molar refractivity (Wildman–Crippen MR) is 141 cm³/mol. The molecule has 0 radical (unpaired) electrons. The maximum atomic E-state index is 13.3. The van der Waals surface area contributed by atoms with E-state index in [0.29, 0.717) is 10.9 Å². The molecule has 0 amide bonds. The van der Waals surface area contributed by atoms with Gasteiger partial charge in [0.25, 0.3) is 1.45 Å². The molecule has 6 aromatic rings. The van der Waals surface area contributed by atoms with Crippen molar-refractivity contribution in [2.45, 2.75) is 20.0 Å². The molecule has 4 aromatic heterocycles. The van der Waals surface area contributed by atoms with Gasteiger partial charge >= 0.3 is 0 Å². The van der Waals surface area contributed by atoms with Crippen molar-refractivity contribution in [1.29, 1.82) is 1.45 Å². The zero-order valence-electron chi connectivity index (χ0n) is 20.0. The fourth-order valence-electron chi connectivity index (χ4n) is 4.08. The van der Waals surface area contributed by atoms with Crippen LogP contribution in [0.25, 0.3) is 21.8 Å². The Kier molecular flexibility index (Phi) is 8.33. The number of aromatic amines is 2. The van der Waals surface area contributed by atoms with E-state index in [4.69, 9.17) is 4.72 Å². The summed E-state index contributed by atoms with van der Waals surface area (Å²) >= 11 is 0. The van der Waals surface area contributed by atoms with Crippen molar-refractivity contribution in [3.8, 4) is 0 Å². The van der Waals surface area contributed by atoms with E-state index in [0.717, 1.165) is 34.0 Å². The lowest BCUT2D eigenvalue weighted by molar-refractivity contribution is 0.222. The van der Waals surface area contributed by atoms with Gasteiger partial charge in [0.15, 0.2) is 0 Å². The number of pyridine rings is 2. The van der Waals surface area contributed by atoms with Crippen LogP contribution in [0.1, 0.15) is 35.8 Å². The van der Waals surface area contributed by atoms with Gasteiger partial charge < -0.3 is 15.1 Å². The van der Waals surface area contributed by atoms with Crippen LogP contribution in [0.2, 0.25) is 0 Å². The van der Waals surface area contributed by atoms with Gasteiger partial charge in [-0.15, -0.1) is 0 Å². The first-order valence-electron chi connectivity index (χ1n) is 11.5. The maximum absolute atomic E-state index is 13.3. The van der Waals surface area contributed by atoms with Crippen LogP contribution in [-0.2, 0) is 6.42 Å². The van der Waals surface area contributed by atoms with E-state index in [9.17, 15) is 13.9 Å². The van der Waals surface area contributed by atoms with Crippen LogP contribution in [0.5, 0.6) is 0 Å². The first-order chi connectivity index (χ1) is 18.1. The monoisotopic (exact) mass is 506 g/mol. The Balaban J connectivity index is 0.000000193. The molecule has 37 heavy (non-hydrogen) atoms. The van der Waals surface area contributed by atoms with Crippen molar-refractivity contribution in [3.05, 3.63) is 132 Å². The van der Waals surface area contributed by atoms with Crippen LogP contribution in [0, 0.1) is 11.6 Å². The highest BCUT2D eigenvalue weighted by molar-refractivity contribution is 5.84. The minimum absolute atomic E-state index is 0. The number of H-pyrrole nitrogens is 2. The van der Waals surface area contributed by atoms with Gasteiger partial charge in [-0.3, -0.25) is 14.7 Å². The lowest BCUT2D eigenvalue weighted by atomic mass is 10.0. The highest BCUT2D eigenvalue weighted by atomic mass is 19.1. The Morgan fingerprint density at radius 2 is 1.32 bits per heavy atom. The molecule has 0 fully saturated rings. The number of nitrogens with one attached hydrogen (secondary N) is 2. The van der Waals surface area contributed by atoms with Crippen LogP contribution in [-0.4, -0.2) is 26.5 Å². The molecule has 4 heterocycles. The molecular weight excluding hydrogens is 477 g/mol. The molecule has 0 spiro atoms. The van der Waals surface area contributed by atoms with Crippen LogP contribution >= 0.6 is 0 Å². The van der Waals surface area contributed by atoms with E-state index < -0.39 is 6.10 Å². The molecule has 2 aromatic carbocycles. The summed E-state index contributed by atoms with van der Waals surface area (Å²) in [7, 11) is 0. The third-order valence-corrected chi connectivity index (χ3v) is 5.87. The van der Waals surface area contributed by atoms with Crippen LogP contribution in [0.15, 0.2) is 97.8 Å². The number of benzene rings is 2. The van der Waals surface area contributed by atoms with Gasteiger partial charge in [0.2, 0.25) is 0 Å². The SMILES string of the molecule is C.Fc1ccc2[nH]cc(Cc3ccncc3)c2c1.OC(c1ccncc1)c1c[nH]c2ccc(F)cc12.[3H]F. The van der Waals surface area contributed by atoms with Gasteiger partial charge in [0, 0.05) is 64.6 Å². The Hall–Kier alpha value is -4.43. The number of aromatic nitrogens is 4. The number of rotatable bonds is 4. The Bertz CT molecular complexity index is 1570.